The second-order valence-electron chi connectivity index (χ2n) is 3.29. The first-order valence-corrected chi connectivity index (χ1v) is 4.70. The van der Waals surface area contributed by atoms with Crippen LogP contribution >= 0.6 is 11.6 Å². The van der Waals surface area contributed by atoms with Gasteiger partial charge in [-0.3, -0.25) is 0 Å². The standard InChI is InChI=1S/C10H14ClNO/c1-7(12)2-3-8-4-5-9(11)6-10(8)13/h4-7,13H,2-3,12H2,1H3/t7-/m1/s1. The molecule has 0 aliphatic rings. The van der Waals surface area contributed by atoms with E-state index in [0.717, 1.165) is 18.4 Å². The number of aryl methyl sites for hydroxylation is 1. The molecule has 0 radical (unpaired) electrons. The van der Waals surface area contributed by atoms with E-state index >= 15 is 0 Å². The van der Waals surface area contributed by atoms with Crippen LogP contribution in [0.4, 0.5) is 0 Å². The van der Waals surface area contributed by atoms with Crippen molar-refractivity contribution in [1.82, 2.24) is 0 Å². The summed E-state index contributed by atoms with van der Waals surface area (Å²) in [6, 6.07) is 5.32. The zero-order valence-electron chi connectivity index (χ0n) is 7.63. The predicted molar refractivity (Wildman–Crippen MR) is 55.1 cm³/mol. The minimum absolute atomic E-state index is 0.162. The molecule has 0 unspecified atom stereocenters. The third kappa shape index (κ3) is 3.25. The van der Waals surface area contributed by atoms with Crippen molar-refractivity contribution in [2.45, 2.75) is 25.8 Å². The van der Waals surface area contributed by atoms with Crippen molar-refractivity contribution >= 4 is 11.6 Å². The van der Waals surface area contributed by atoms with Crippen molar-refractivity contribution in [1.29, 1.82) is 0 Å². The minimum Gasteiger partial charge on any atom is -0.508 e. The molecule has 1 aromatic rings. The van der Waals surface area contributed by atoms with Crippen LogP contribution in [-0.4, -0.2) is 11.1 Å². The molecular weight excluding hydrogens is 186 g/mol. The van der Waals surface area contributed by atoms with Crippen LogP contribution in [0.2, 0.25) is 5.02 Å². The first-order chi connectivity index (χ1) is 6.09. The highest BCUT2D eigenvalue weighted by molar-refractivity contribution is 6.30. The molecule has 0 heterocycles. The Labute approximate surface area is 83.3 Å². The largest absolute Gasteiger partial charge is 0.508 e. The lowest BCUT2D eigenvalue weighted by Crippen LogP contribution is -2.15. The summed E-state index contributed by atoms with van der Waals surface area (Å²) in [6.07, 6.45) is 1.66. The van der Waals surface area contributed by atoms with Gasteiger partial charge in [-0.25, -0.2) is 0 Å². The minimum atomic E-state index is 0.162. The maximum absolute atomic E-state index is 9.48. The van der Waals surface area contributed by atoms with E-state index in [2.05, 4.69) is 0 Å². The van der Waals surface area contributed by atoms with Crippen LogP contribution in [0, 0.1) is 0 Å². The van der Waals surface area contributed by atoms with Gasteiger partial charge in [-0.05, 0) is 37.5 Å². The summed E-state index contributed by atoms with van der Waals surface area (Å²) in [7, 11) is 0. The molecular formula is C10H14ClNO. The van der Waals surface area contributed by atoms with E-state index in [1.165, 1.54) is 0 Å². The molecule has 3 N–H and O–H groups in total. The number of phenolic OH excluding ortho intramolecular Hbond substituents is 1. The quantitative estimate of drug-likeness (QED) is 0.785. The molecule has 2 nitrogen and oxygen atoms in total. The van der Waals surface area contributed by atoms with Gasteiger partial charge in [-0.1, -0.05) is 17.7 Å². The van der Waals surface area contributed by atoms with Gasteiger partial charge in [0.1, 0.15) is 5.75 Å². The fourth-order valence-corrected chi connectivity index (χ4v) is 1.30. The number of hydrogen-bond acceptors (Lipinski definition) is 2. The molecule has 0 spiro atoms. The zero-order valence-corrected chi connectivity index (χ0v) is 8.38. The van der Waals surface area contributed by atoms with Crippen molar-refractivity contribution in [3.63, 3.8) is 0 Å². The lowest BCUT2D eigenvalue weighted by molar-refractivity contribution is 0.466. The van der Waals surface area contributed by atoms with E-state index in [0.29, 0.717) is 5.02 Å². The number of phenols is 1. The number of halogens is 1. The Bertz CT molecular complexity index is 286. The summed E-state index contributed by atoms with van der Waals surface area (Å²) in [5, 5.41) is 10.0. The fourth-order valence-electron chi connectivity index (χ4n) is 1.13. The number of nitrogens with two attached hydrogens (primary N) is 1. The van der Waals surface area contributed by atoms with Crippen LogP contribution in [0.3, 0.4) is 0 Å². The zero-order chi connectivity index (χ0) is 9.84. The summed E-state index contributed by atoms with van der Waals surface area (Å²) < 4.78 is 0. The lowest BCUT2D eigenvalue weighted by atomic mass is 10.1. The molecule has 3 heteroatoms. The highest BCUT2D eigenvalue weighted by Gasteiger charge is 2.02. The smallest absolute Gasteiger partial charge is 0.120 e. The third-order valence-electron chi connectivity index (χ3n) is 1.92. The van der Waals surface area contributed by atoms with Crippen LogP contribution in [0.1, 0.15) is 18.9 Å². The van der Waals surface area contributed by atoms with Crippen LogP contribution in [0.5, 0.6) is 5.75 Å². The average Bonchev–Trinajstić information content (AvgIpc) is 2.02. The van der Waals surface area contributed by atoms with E-state index in [1.54, 1.807) is 12.1 Å². The van der Waals surface area contributed by atoms with Crippen LogP contribution < -0.4 is 5.73 Å². The van der Waals surface area contributed by atoms with Crippen molar-refractivity contribution < 1.29 is 5.11 Å². The molecule has 72 valence electrons. The van der Waals surface area contributed by atoms with Gasteiger partial charge in [0, 0.05) is 11.1 Å². The van der Waals surface area contributed by atoms with E-state index in [4.69, 9.17) is 17.3 Å². The Kier molecular flexibility index (Phi) is 3.58. The number of hydrogen-bond donors (Lipinski definition) is 2. The monoisotopic (exact) mass is 199 g/mol. The Morgan fingerprint density at radius 3 is 2.77 bits per heavy atom. The topological polar surface area (TPSA) is 46.2 Å². The Morgan fingerprint density at radius 1 is 1.54 bits per heavy atom. The van der Waals surface area contributed by atoms with Crippen molar-refractivity contribution in [3.05, 3.63) is 28.8 Å². The summed E-state index contributed by atoms with van der Waals surface area (Å²) in [4.78, 5) is 0. The highest BCUT2D eigenvalue weighted by atomic mass is 35.5. The Morgan fingerprint density at radius 2 is 2.23 bits per heavy atom. The molecule has 13 heavy (non-hydrogen) atoms. The SMILES string of the molecule is C[C@@H](N)CCc1ccc(Cl)cc1O. The Hall–Kier alpha value is -0.730. The van der Waals surface area contributed by atoms with Crippen molar-refractivity contribution in [2.24, 2.45) is 5.73 Å². The van der Waals surface area contributed by atoms with Gasteiger partial charge >= 0.3 is 0 Å². The molecule has 0 aliphatic carbocycles. The van der Waals surface area contributed by atoms with E-state index in [9.17, 15) is 5.11 Å². The molecule has 0 bridgehead atoms. The number of benzene rings is 1. The Balaban J connectivity index is 2.67. The first-order valence-electron chi connectivity index (χ1n) is 4.32. The highest BCUT2D eigenvalue weighted by Crippen LogP contribution is 2.23. The van der Waals surface area contributed by atoms with E-state index < -0.39 is 0 Å². The number of aromatic hydroxyl groups is 1. The lowest BCUT2D eigenvalue weighted by Gasteiger charge is -2.06. The van der Waals surface area contributed by atoms with Crippen molar-refractivity contribution in [3.8, 4) is 5.75 Å². The second-order valence-corrected chi connectivity index (χ2v) is 3.73. The molecule has 0 aliphatic heterocycles. The van der Waals surface area contributed by atoms with Gasteiger partial charge in [0.2, 0.25) is 0 Å². The third-order valence-corrected chi connectivity index (χ3v) is 2.15. The molecule has 1 aromatic carbocycles. The molecule has 0 saturated carbocycles. The normalized spacial score (nSPS) is 12.8. The molecule has 0 fully saturated rings. The predicted octanol–water partition coefficient (Wildman–Crippen LogP) is 2.33. The summed E-state index contributed by atoms with van der Waals surface area (Å²) in [5.41, 5.74) is 6.52. The maximum Gasteiger partial charge on any atom is 0.120 e. The molecule has 1 rings (SSSR count). The maximum atomic E-state index is 9.48. The molecule has 0 aromatic heterocycles. The van der Waals surface area contributed by atoms with Gasteiger partial charge in [-0.2, -0.15) is 0 Å². The summed E-state index contributed by atoms with van der Waals surface area (Å²) in [6.45, 7) is 1.95. The summed E-state index contributed by atoms with van der Waals surface area (Å²) in [5.74, 6) is 0.258. The van der Waals surface area contributed by atoms with E-state index in [1.807, 2.05) is 13.0 Å². The van der Waals surface area contributed by atoms with E-state index in [-0.39, 0.29) is 11.8 Å². The summed E-state index contributed by atoms with van der Waals surface area (Å²) >= 11 is 5.69. The van der Waals surface area contributed by atoms with Gasteiger partial charge in [0.25, 0.3) is 0 Å². The van der Waals surface area contributed by atoms with Crippen LogP contribution in [0.25, 0.3) is 0 Å². The van der Waals surface area contributed by atoms with Crippen LogP contribution in [0.15, 0.2) is 18.2 Å². The molecule has 0 saturated heterocycles. The van der Waals surface area contributed by atoms with Gasteiger partial charge in [-0.15, -0.1) is 0 Å². The number of rotatable bonds is 3. The van der Waals surface area contributed by atoms with Gasteiger partial charge < -0.3 is 10.8 Å². The fraction of sp³-hybridized carbons (Fsp3) is 0.400. The molecule has 0 amide bonds. The molecule has 1 atom stereocenters. The van der Waals surface area contributed by atoms with Gasteiger partial charge in [0.15, 0.2) is 0 Å². The average molecular weight is 200 g/mol. The van der Waals surface area contributed by atoms with Crippen molar-refractivity contribution in [2.75, 3.05) is 0 Å². The van der Waals surface area contributed by atoms with Crippen LogP contribution in [-0.2, 0) is 6.42 Å². The second kappa shape index (κ2) is 4.49. The van der Waals surface area contributed by atoms with Gasteiger partial charge in [0.05, 0.1) is 0 Å². The first kappa shape index (κ1) is 10.4.